The molecular weight excluding hydrogens is 1100 g/mol. The molecule has 6 heterocycles. The molecule has 9 N–H and O–H groups in total. The number of carboxylic acid groups (broad SMARTS) is 1. The Balaban J connectivity index is 0.000000236. The summed E-state index contributed by atoms with van der Waals surface area (Å²) in [5.74, 6) is 3.29. The third-order valence-corrected chi connectivity index (χ3v) is 17.3. The van der Waals surface area contributed by atoms with E-state index in [0.717, 1.165) is 106 Å². The Morgan fingerprint density at radius 2 is 1.01 bits per heavy atom. The average molecular weight is 1180 g/mol. The third-order valence-electron chi connectivity index (χ3n) is 14.3. The quantitative estimate of drug-likeness (QED) is 0.0216. The number of carboxylic acids is 1. The van der Waals surface area contributed by atoms with E-state index in [0.29, 0.717) is 89.7 Å². The fraction of sp³-hybridized carbons (Fsp3) is 0.589. The van der Waals surface area contributed by atoms with Crippen molar-refractivity contribution >= 4 is 65.2 Å². The summed E-state index contributed by atoms with van der Waals surface area (Å²) >= 11 is 3.79. The minimum absolute atomic E-state index is 0.0474. The van der Waals surface area contributed by atoms with Crippen molar-refractivity contribution in [3.8, 4) is 34.4 Å². The van der Waals surface area contributed by atoms with Gasteiger partial charge >= 0.3 is 18.0 Å². The van der Waals surface area contributed by atoms with Crippen molar-refractivity contribution in [1.29, 1.82) is 0 Å². The highest BCUT2D eigenvalue weighted by Crippen LogP contribution is 2.35. The highest BCUT2D eigenvalue weighted by Gasteiger charge is 2.43. The van der Waals surface area contributed by atoms with Gasteiger partial charge in [-0.05, 0) is 126 Å². The molecular formula is C56H78N12O12S2. The van der Waals surface area contributed by atoms with Gasteiger partial charge in [-0.2, -0.15) is 33.5 Å². The Labute approximate surface area is 485 Å². The number of amides is 8. The molecule has 4 aliphatic rings. The van der Waals surface area contributed by atoms with Crippen molar-refractivity contribution in [2.24, 2.45) is 0 Å². The SMILES string of the molecule is CCc1cc(-c2nc(C)no2)ccc1OCC(=O)NCCCCCNC(=O)CCCC[C@@H]1SC[C@@H]2NC(=O)N[C@@H]21.Cc1noc(-c2ccc(OCC(=O)NCCCCCNC(=O)CCCC[C@@H]3SC[C@@H]4NC(=O)N[C@@H]43)c(CC(=O)O)c2)n1. The van der Waals surface area contributed by atoms with Gasteiger partial charge in [-0.3, -0.25) is 24.0 Å². The van der Waals surface area contributed by atoms with Gasteiger partial charge in [0.2, 0.25) is 11.8 Å². The maximum absolute atomic E-state index is 12.2. The number of fused-ring (bicyclic) bond motifs is 2. The number of thioether (sulfide) groups is 2. The zero-order valence-electron chi connectivity index (χ0n) is 46.9. The van der Waals surface area contributed by atoms with E-state index in [2.05, 4.69) is 62.8 Å². The van der Waals surface area contributed by atoms with Crippen molar-refractivity contribution in [2.45, 2.75) is 158 Å². The molecule has 0 unspecified atom stereocenters. The summed E-state index contributed by atoms with van der Waals surface area (Å²) in [6, 6.07) is 11.3. The van der Waals surface area contributed by atoms with E-state index in [9.17, 15) is 38.7 Å². The standard InChI is InChI=1S/C28H38N6O7S.C28H40N6O5S/c1-17-31-27(41-34-17)18-9-10-21(19(13-18)14-25(37)38)40-15-24(36)30-12-6-2-5-11-29-23(35)8-4-3-7-22-26-20(16-42-22)32-28(39)33-26;1-3-19-15-20(27-31-18(2)34-39-27)11-12-22(19)38-16-25(36)30-14-8-4-7-13-29-24(35)10-6-5-9-23-26-21(17-40-23)32-28(37)33-26/h9-10,13,20,22,26H,2-8,11-12,14-16H2,1H3,(H,29,35)(H,30,36)(H,37,38)(H2,32,33,39);11-12,15,21,23,26H,3-10,13-14,16-17H2,1-2H3,(H,29,35)(H,30,36)(H2,32,33,37)/t20-,22-,26-;21-,23-,26-/m00/s1. The summed E-state index contributed by atoms with van der Waals surface area (Å²) in [6.07, 6.45) is 12.2. The highest BCUT2D eigenvalue weighted by atomic mass is 32.2. The van der Waals surface area contributed by atoms with Crippen molar-refractivity contribution in [2.75, 3.05) is 50.9 Å². The van der Waals surface area contributed by atoms with Crippen LogP contribution in [0.15, 0.2) is 45.4 Å². The van der Waals surface area contributed by atoms with Crippen LogP contribution in [0.3, 0.4) is 0 Å². The number of urea groups is 2. The van der Waals surface area contributed by atoms with Crippen LogP contribution in [0.1, 0.15) is 120 Å². The van der Waals surface area contributed by atoms with Crippen molar-refractivity contribution in [3.63, 3.8) is 0 Å². The van der Waals surface area contributed by atoms with Gasteiger partial charge in [-0.25, -0.2) is 9.59 Å². The number of unbranched alkanes of at least 4 members (excludes halogenated alkanes) is 6. The molecule has 0 saturated carbocycles. The van der Waals surface area contributed by atoms with E-state index >= 15 is 0 Å². The molecule has 24 nitrogen and oxygen atoms in total. The van der Waals surface area contributed by atoms with E-state index in [1.54, 1.807) is 32.0 Å². The largest absolute Gasteiger partial charge is 0.483 e. The molecule has 4 saturated heterocycles. The van der Waals surface area contributed by atoms with Gasteiger partial charge in [0.1, 0.15) is 11.5 Å². The van der Waals surface area contributed by atoms with E-state index in [-0.39, 0.29) is 85.4 Å². The zero-order chi connectivity index (χ0) is 58.2. The van der Waals surface area contributed by atoms with Gasteiger partial charge in [-0.1, -0.05) is 30.1 Å². The lowest BCUT2D eigenvalue weighted by Gasteiger charge is -2.16. The first-order valence-corrected chi connectivity index (χ1v) is 30.6. The Morgan fingerprint density at radius 3 is 1.43 bits per heavy atom. The Morgan fingerprint density at radius 1 is 0.585 bits per heavy atom. The van der Waals surface area contributed by atoms with Gasteiger partial charge < -0.3 is 66.2 Å². The molecule has 0 bridgehead atoms. The summed E-state index contributed by atoms with van der Waals surface area (Å²) in [5.41, 5.74) is 2.75. The highest BCUT2D eigenvalue weighted by molar-refractivity contribution is 8.00. The lowest BCUT2D eigenvalue weighted by Crippen LogP contribution is -2.36. The molecule has 4 aliphatic heterocycles. The number of ether oxygens (including phenoxy) is 2. The summed E-state index contributed by atoms with van der Waals surface area (Å²) in [7, 11) is 0. The molecule has 26 heteroatoms. The molecule has 8 amide bonds. The molecule has 0 spiro atoms. The van der Waals surface area contributed by atoms with Crippen molar-refractivity contribution in [3.05, 3.63) is 59.2 Å². The van der Waals surface area contributed by atoms with E-state index in [1.165, 1.54) is 0 Å². The second-order valence-electron chi connectivity index (χ2n) is 20.7. The Hall–Kier alpha value is -7.09. The average Bonchev–Trinajstić information content (AvgIpc) is 4.52. The topological polar surface area (TPSA) is 332 Å². The van der Waals surface area contributed by atoms with Crippen LogP contribution in [0, 0.1) is 13.8 Å². The number of carbonyl (C=O) groups is 7. The third kappa shape index (κ3) is 20.1. The van der Waals surface area contributed by atoms with Crippen LogP contribution in [0.25, 0.3) is 22.9 Å². The van der Waals surface area contributed by atoms with Crippen LogP contribution in [0.2, 0.25) is 0 Å². The molecule has 2 aromatic heterocycles. The normalized spacial score (nSPS) is 19.3. The lowest BCUT2D eigenvalue weighted by molar-refractivity contribution is -0.136. The maximum Gasteiger partial charge on any atom is 0.315 e. The first-order valence-electron chi connectivity index (χ1n) is 28.5. The first kappa shape index (κ1) is 62.5. The number of nitrogens with zero attached hydrogens (tertiary/aromatic N) is 4. The molecule has 0 radical (unpaired) electrons. The number of aryl methyl sites for hydroxylation is 3. The number of aromatic nitrogens is 4. The molecule has 446 valence electrons. The Kier molecular flexibility index (Phi) is 24.8. The van der Waals surface area contributed by atoms with Crippen LogP contribution < -0.4 is 52.0 Å². The number of hydrogen-bond acceptors (Lipinski definition) is 17. The molecule has 82 heavy (non-hydrogen) atoms. The van der Waals surface area contributed by atoms with Gasteiger partial charge in [0.15, 0.2) is 24.9 Å². The monoisotopic (exact) mass is 1170 g/mol. The predicted molar refractivity (Wildman–Crippen MR) is 308 cm³/mol. The van der Waals surface area contributed by atoms with Crippen molar-refractivity contribution in [1.82, 2.24) is 62.8 Å². The Bertz CT molecular complexity index is 2780. The van der Waals surface area contributed by atoms with E-state index in [4.69, 9.17) is 18.5 Å². The minimum Gasteiger partial charge on any atom is -0.483 e. The van der Waals surface area contributed by atoms with Gasteiger partial charge in [0, 0.05) is 77.7 Å². The van der Waals surface area contributed by atoms with E-state index < -0.39 is 5.97 Å². The molecule has 6 atom stereocenters. The van der Waals surface area contributed by atoms with Crippen LogP contribution in [0.5, 0.6) is 11.5 Å². The number of benzene rings is 2. The number of rotatable bonds is 33. The second-order valence-corrected chi connectivity index (χ2v) is 23.2. The first-order chi connectivity index (χ1) is 39.7. The van der Waals surface area contributed by atoms with Crippen LogP contribution in [-0.4, -0.2) is 153 Å². The lowest BCUT2D eigenvalue weighted by atomic mass is 10.0. The smallest absolute Gasteiger partial charge is 0.315 e. The maximum atomic E-state index is 12.2. The fourth-order valence-corrected chi connectivity index (χ4v) is 13.1. The minimum atomic E-state index is -1.03. The van der Waals surface area contributed by atoms with Crippen molar-refractivity contribution < 1.29 is 57.2 Å². The number of aliphatic carboxylic acids is 1. The van der Waals surface area contributed by atoms with E-state index in [1.807, 2.05) is 48.6 Å². The zero-order valence-corrected chi connectivity index (χ0v) is 48.6. The molecule has 2 aromatic carbocycles. The number of nitrogens with one attached hydrogen (secondary N) is 8. The van der Waals surface area contributed by atoms with Gasteiger partial charge in [-0.15, -0.1) is 0 Å². The predicted octanol–water partition coefficient (Wildman–Crippen LogP) is 5.29. The van der Waals surface area contributed by atoms with Crippen LogP contribution in [-0.2, 0) is 36.8 Å². The molecule has 0 aliphatic carbocycles. The fourth-order valence-electron chi connectivity index (χ4n) is 9.99. The van der Waals surface area contributed by atoms with Crippen LogP contribution >= 0.6 is 23.5 Å². The molecule has 8 rings (SSSR count). The number of carbonyl (C=O) groups excluding carboxylic acids is 6. The number of hydrogen-bond donors (Lipinski definition) is 9. The second kappa shape index (κ2) is 32.5. The summed E-state index contributed by atoms with van der Waals surface area (Å²) in [5, 5.41) is 41.2. The molecule has 4 fully saturated rings. The summed E-state index contributed by atoms with van der Waals surface area (Å²) in [6.45, 7) is 7.49. The summed E-state index contributed by atoms with van der Waals surface area (Å²) < 4.78 is 21.7. The summed E-state index contributed by atoms with van der Waals surface area (Å²) in [4.78, 5) is 91.3. The van der Waals surface area contributed by atoms with Gasteiger partial charge in [0.05, 0.1) is 30.6 Å². The molecule has 4 aromatic rings. The van der Waals surface area contributed by atoms with Gasteiger partial charge in [0.25, 0.3) is 23.6 Å². The van der Waals surface area contributed by atoms with Crippen LogP contribution in [0.4, 0.5) is 9.59 Å².